The molecule has 9 nitrogen and oxygen atoms in total. The molecule has 3 aromatic rings. The molecule has 0 amide bonds. The molecule has 2 aromatic carbocycles. The summed E-state index contributed by atoms with van der Waals surface area (Å²) in [6, 6.07) is 8.63. The van der Waals surface area contributed by atoms with E-state index in [9.17, 15) is 4.39 Å². The van der Waals surface area contributed by atoms with Crippen molar-refractivity contribution in [3.8, 4) is 11.5 Å². The van der Waals surface area contributed by atoms with Gasteiger partial charge in [0.2, 0.25) is 0 Å². The fraction of sp³-hybridized carbons (Fsp3) is 0.462. The maximum atomic E-state index is 15.0. The van der Waals surface area contributed by atoms with Gasteiger partial charge < -0.3 is 34.1 Å². The summed E-state index contributed by atoms with van der Waals surface area (Å²) in [5.74, 6) is 1.12. The SMILES string of the molecule is COc1cc2c(Nc3ccc(N4CCN(C)CC4)c(F)c3)ncnc2cc1OC1CO[C@H]2[C@H](F)CO[C@@H]12. The summed E-state index contributed by atoms with van der Waals surface area (Å²) in [6.45, 7) is 3.61. The first-order chi connectivity index (χ1) is 18.0. The smallest absolute Gasteiger partial charge is 0.164 e. The summed E-state index contributed by atoms with van der Waals surface area (Å²) >= 11 is 0. The number of halogens is 2. The van der Waals surface area contributed by atoms with Crippen LogP contribution in [0.4, 0.5) is 26.0 Å². The molecule has 0 saturated carbocycles. The van der Waals surface area contributed by atoms with Gasteiger partial charge in [0.15, 0.2) is 23.8 Å². The van der Waals surface area contributed by atoms with E-state index in [4.69, 9.17) is 18.9 Å². The predicted molar refractivity (Wildman–Crippen MR) is 134 cm³/mol. The Hall–Kier alpha value is -3.28. The summed E-state index contributed by atoms with van der Waals surface area (Å²) in [6.07, 6.45) is -1.27. The first-order valence-electron chi connectivity index (χ1n) is 12.4. The van der Waals surface area contributed by atoms with Gasteiger partial charge in [0.25, 0.3) is 0 Å². The predicted octanol–water partition coefficient (Wildman–Crippen LogP) is 3.16. The van der Waals surface area contributed by atoms with Crippen LogP contribution in [0.25, 0.3) is 10.9 Å². The summed E-state index contributed by atoms with van der Waals surface area (Å²) in [7, 11) is 3.61. The number of nitrogens with one attached hydrogen (secondary N) is 1. The standard InChI is InChI=1S/C26H29F2N5O4/c1-32-5-7-33(8-6-32)20-4-3-15(9-17(20)27)31-26-16-10-21(34-2)22(11-19(16)29-14-30-26)37-23-13-36-24-18(28)12-35-25(23)24/h3-4,9-11,14,18,23-25H,5-8,12-13H2,1-2H3,(H,29,30,31)/t18-,23?,24+,25+/m1/s1. The Labute approximate surface area is 213 Å². The first-order valence-corrected chi connectivity index (χ1v) is 12.4. The van der Waals surface area contributed by atoms with Crippen LogP contribution < -0.4 is 19.7 Å². The number of aromatic nitrogens is 2. The third-order valence-electron chi connectivity index (χ3n) is 7.20. The molecule has 0 spiro atoms. The molecule has 1 unspecified atom stereocenters. The van der Waals surface area contributed by atoms with Crippen molar-refractivity contribution in [2.24, 2.45) is 0 Å². The number of ether oxygens (including phenoxy) is 4. The van der Waals surface area contributed by atoms with Crippen molar-refractivity contribution in [2.75, 3.05) is 63.8 Å². The number of piperazine rings is 1. The Morgan fingerprint density at radius 1 is 1.00 bits per heavy atom. The number of fused-ring (bicyclic) bond motifs is 2. The number of benzene rings is 2. The van der Waals surface area contributed by atoms with Crippen molar-refractivity contribution in [1.82, 2.24) is 14.9 Å². The third kappa shape index (κ3) is 4.62. The maximum absolute atomic E-state index is 15.0. The highest BCUT2D eigenvalue weighted by atomic mass is 19.1. The van der Waals surface area contributed by atoms with Crippen molar-refractivity contribution in [3.63, 3.8) is 0 Å². The number of hydrogen-bond acceptors (Lipinski definition) is 9. The second-order valence-corrected chi connectivity index (χ2v) is 9.59. The van der Waals surface area contributed by atoms with E-state index in [2.05, 4.69) is 32.1 Å². The zero-order valence-electron chi connectivity index (χ0n) is 20.7. The molecule has 6 rings (SSSR count). The third-order valence-corrected chi connectivity index (χ3v) is 7.20. The molecule has 1 N–H and O–H groups in total. The van der Waals surface area contributed by atoms with Crippen molar-refractivity contribution in [2.45, 2.75) is 24.5 Å². The van der Waals surface area contributed by atoms with E-state index in [1.165, 1.54) is 19.5 Å². The number of hydrogen-bond donors (Lipinski definition) is 1. The lowest BCUT2D eigenvalue weighted by Crippen LogP contribution is -2.44. The summed E-state index contributed by atoms with van der Waals surface area (Å²) in [4.78, 5) is 13.0. The quantitative estimate of drug-likeness (QED) is 0.535. The van der Waals surface area contributed by atoms with E-state index in [1.54, 1.807) is 18.2 Å². The molecule has 37 heavy (non-hydrogen) atoms. The zero-order valence-corrected chi connectivity index (χ0v) is 20.7. The van der Waals surface area contributed by atoms with Crippen LogP contribution in [0, 0.1) is 5.82 Å². The molecule has 11 heteroatoms. The van der Waals surface area contributed by atoms with Gasteiger partial charge in [-0.15, -0.1) is 0 Å². The highest BCUT2D eigenvalue weighted by Crippen LogP contribution is 2.38. The van der Waals surface area contributed by atoms with Crippen LogP contribution in [0.1, 0.15) is 0 Å². The molecule has 4 heterocycles. The van der Waals surface area contributed by atoms with E-state index in [0.717, 1.165) is 26.2 Å². The monoisotopic (exact) mass is 513 g/mol. The number of anilines is 3. The molecule has 4 atom stereocenters. The van der Waals surface area contributed by atoms with Crippen molar-refractivity contribution < 1.29 is 27.7 Å². The number of alkyl halides is 1. The van der Waals surface area contributed by atoms with Gasteiger partial charge in [-0.05, 0) is 31.3 Å². The van der Waals surface area contributed by atoms with Gasteiger partial charge in [0.05, 0.1) is 31.5 Å². The topological polar surface area (TPSA) is 81.2 Å². The second kappa shape index (κ2) is 9.88. The lowest BCUT2D eigenvalue weighted by Gasteiger charge is -2.34. The lowest BCUT2D eigenvalue weighted by molar-refractivity contribution is 0.0271. The first kappa shape index (κ1) is 24.1. The van der Waals surface area contributed by atoms with E-state index in [1.807, 2.05) is 6.07 Å². The number of likely N-dealkylation sites (N-methyl/N-ethyl adjacent to an activating group) is 1. The molecular formula is C26H29F2N5O4. The fourth-order valence-corrected chi connectivity index (χ4v) is 5.12. The van der Waals surface area contributed by atoms with Crippen LogP contribution >= 0.6 is 0 Å². The van der Waals surface area contributed by atoms with E-state index >= 15 is 4.39 Å². The van der Waals surface area contributed by atoms with E-state index in [0.29, 0.717) is 39.6 Å². The van der Waals surface area contributed by atoms with Gasteiger partial charge >= 0.3 is 0 Å². The molecule has 0 bridgehead atoms. The summed E-state index contributed by atoms with van der Waals surface area (Å²) in [5.41, 5.74) is 1.77. The average molecular weight is 514 g/mol. The largest absolute Gasteiger partial charge is 0.493 e. The van der Waals surface area contributed by atoms with Gasteiger partial charge in [0, 0.05) is 43.3 Å². The molecule has 196 valence electrons. The number of rotatable bonds is 6. The van der Waals surface area contributed by atoms with Gasteiger partial charge in [-0.3, -0.25) is 0 Å². The molecule has 0 radical (unpaired) electrons. The summed E-state index contributed by atoms with van der Waals surface area (Å²) in [5, 5.41) is 3.89. The minimum Gasteiger partial charge on any atom is -0.493 e. The minimum atomic E-state index is -1.15. The Kier molecular flexibility index (Phi) is 6.43. The Morgan fingerprint density at radius 3 is 2.59 bits per heavy atom. The van der Waals surface area contributed by atoms with Crippen LogP contribution in [-0.2, 0) is 9.47 Å². The fourth-order valence-electron chi connectivity index (χ4n) is 5.12. The Morgan fingerprint density at radius 2 is 1.81 bits per heavy atom. The van der Waals surface area contributed by atoms with Crippen LogP contribution in [0.5, 0.6) is 11.5 Å². The van der Waals surface area contributed by atoms with Crippen LogP contribution in [0.2, 0.25) is 0 Å². The molecule has 3 saturated heterocycles. The Bertz CT molecular complexity index is 1290. The average Bonchev–Trinajstić information content (AvgIpc) is 3.47. The maximum Gasteiger partial charge on any atom is 0.164 e. The van der Waals surface area contributed by atoms with Gasteiger partial charge in [-0.2, -0.15) is 0 Å². The van der Waals surface area contributed by atoms with Crippen molar-refractivity contribution >= 4 is 28.1 Å². The van der Waals surface area contributed by atoms with Crippen LogP contribution in [0.15, 0.2) is 36.7 Å². The number of nitrogens with zero attached hydrogens (tertiary/aromatic N) is 4. The number of methoxy groups -OCH3 is 1. The molecule has 0 aliphatic carbocycles. The van der Waals surface area contributed by atoms with Gasteiger partial charge in [0.1, 0.15) is 30.2 Å². The molecule has 3 aliphatic heterocycles. The molecule has 3 aliphatic rings. The van der Waals surface area contributed by atoms with Gasteiger partial charge in [-0.25, -0.2) is 18.7 Å². The normalized spacial score (nSPS) is 25.9. The highest BCUT2D eigenvalue weighted by molar-refractivity contribution is 5.93. The van der Waals surface area contributed by atoms with Gasteiger partial charge in [-0.1, -0.05) is 0 Å². The van der Waals surface area contributed by atoms with Crippen LogP contribution in [-0.4, -0.2) is 92.9 Å². The summed E-state index contributed by atoms with van der Waals surface area (Å²) < 4.78 is 51.8. The van der Waals surface area contributed by atoms with Crippen molar-refractivity contribution in [3.05, 3.63) is 42.5 Å². The van der Waals surface area contributed by atoms with E-state index < -0.39 is 24.5 Å². The second-order valence-electron chi connectivity index (χ2n) is 9.59. The van der Waals surface area contributed by atoms with Crippen molar-refractivity contribution in [1.29, 1.82) is 0 Å². The van der Waals surface area contributed by atoms with Crippen LogP contribution in [0.3, 0.4) is 0 Å². The zero-order chi connectivity index (χ0) is 25.5. The lowest BCUT2D eigenvalue weighted by atomic mass is 10.1. The molecular weight excluding hydrogens is 484 g/mol. The molecule has 3 fully saturated rings. The Balaban J connectivity index is 1.24. The highest BCUT2D eigenvalue weighted by Gasteiger charge is 2.49. The van der Waals surface area contributed by atoms with E-state index in [-0.39, 0.29) is 19.0 Å². The molecule has 1 aromatic heterocycles. The minimum absolute atomic E-state index is 0.00323.